The summed E-state index contributed by atoms with van der Waals surface area (Å²) in [5.74, 6) is -1.28. The van der Waals surface area contributed by atoms with Gasteiger partial charge in [0.25, 0.3) is 5.91 Å². The van der Waals surface area contributed by atoms with Crippen LogP contribution in [-0.2, 0) is 9.53 Å². The number of hydrogen-bond acceptors (Lipinski definition) is 4. The second kappa shape index (κ2) is 9.22. The van der Waals surface area contributed by atoms with E-state index in [1.54, 1.807) is 12.3 Å². The number of aromatic nitrogens is 1. The monoisotopic (exact) mass is 410 g/mol. The second-order valence-electron chi connectivity index (χ2n) is 7.15. The lowest BCUT2D eigenvalue weighted by Crippen LogP contribution is -2.46. The fourth-order valence-electron chi connectivity index (χ4n) is 3.82. The Morgan fingerprint density at radius 2 is 1.39 bits per heavy atom. The van der Waals surface area contributed by atoms with Crippen LogP contribution in [0.3, 0.4) is 0 Å². The predicted octanol–water partition coefficient (Wildman–Crippen LogP) is 4.34. The van der Waals surface area contributed by atoms with Crippen molar-refractivity contribution in [3.8, 4) is 0 Å². The van der Waals surface area contributed by atoms with Crippen LogP contribution in [0, 0.1) is 0 Å². The molecule has 0 spiro atoms. The van der Waals surface area contributed by atoms with Crippen molar-refractivity contribution in [2.24, 2.45) is 0 Å². The maximum Gasteiger partial charge on any atom is 0.329 e. The molecule has 0 unspecified atom stereocenters. The van der Waals surface area contributed by atoms with Crippen LogP contribution in [0.1, 0.15) is 27.4 Å². The van der Waals surface area contributed by atoms with Crippen molar-refractivity contribution in [3.05, 3.63) is 114 Å². The van der Waals surface area contributed by atoms with Crippen molar-refractivity contribution < 1.29 is 14.3 Å². The number of esters is 1. The van der Waals surface area contributed by atoms with Gasteiger partial charge in [0.2, 0.25) is 0 Å². The van der Waals surface area contributed by atoms with E-state index < -0.39 is 17.9 Å². The molecule has 0 bridgehead atoms. The zero-order valence-electron chi connectivity index (χ0n) is 17.1. The largest absolute Gasteiger partial charge is 0.467 e. The number of carbonyl (C=O) groups excluding carboxylic acids is 2. The molecule has 154 valence electrons. The molecule has 4 rings (SSSR count). The first-order chi connectivity index (χ1) is 15.2. The molecule has 0 saturated carbocycles. The molecular formula is C26H22N2O3. The molecule has 4 aromatic rings. The van der Waals surface area contributed by atoms with E-state index in [1.165, 1.54) is 7.11 Å². The van der Waals surface area contributed by atoms with Gasteiger partial charge in [0, 0.05) is 17.5 Å². The number of benzene rings is 3. The Labute approximate surface area is 180 Å². The number of methoxy groups -OCH3 is 1. The molecule has 0 aliphatic carbocycles. The Morgan fingerprint density at radius 1 is 0.806 bits per heavy atom. The van der Waals surface area contributed by atoms with E-state index in [0.717, 1.165) is 16.5 Å². The minimum Gasteiger partial charge on any atom is -0.467 e. The van der Waals surface area contributed by atoms with E-state index in [4.69, 9.17) is 4.74 Å². The molecule has 1 aromatic heterocycles. The van der Waals surface area contributed by atoms with Crippen molar-refractivity contribution in [2.45, 2.75) is 12.0 Å². The summed E-state index contributed by atoms with van der Waals surface area (Å²) in [5.41, 5.74) is 2.99. The van der Waals surface area contributed by atoms with E-state index in [-0.39, 0.29) is 5.91 Å². The normalized spacial score (nSPS) is 11.8. The highest BCUT2D eigenvalue weighted by molar-refractivity contribution is 6.07. The summed E-state index contributed by atoms with van der Waals surface area (Å²) < 4.78 is 5.09. The summed E-state index contributed by atoms with van der Waals surface area (Å²) in [6, 6.07) is 27.4. The van der Waals surface area contributed by atoms with Gasteiger partial charge in [-0.25, -0.2) is 4.79 Å². The Balaban J connectivity index is 1.77. The van der Waals surface area contributed by atoms with E-state index in [9.17, 15) is 9.59 Å². The van der Waals surface area contributed by atoms with E-state index in [1.807, 2.05) is 84.9 Å². The molecule has 0 saturated heterocycles. The van der Waals surface area contributed by atoms with E-state index in [2.05, 4.69) is 10.3 Å². The molecule has 0 radical (unpaired) electrons. The SMILES string of the molecule is COC(=O)[C@@H](NC(=O)c1ccnc2ccccc12)C(c1ccccc1)c1ccccc1. The van der Waals surface area contributed by atoms with Crippen molar-refractivity contribution in [1.82, 2.24) is 10.3 Å². The molecular weight excluding hydrogens is 388 g/mol. The van der Waals surface area contributed by atoms with Gasteiger partial charge in [-0.05, 0) is 23.3 Å². The number of amides is 1. The molecule has 5 nitrogen and oxygen atoms in total. The highest BCUT2D eigenvalue weighted by Crippen LogP contribution is 2.29. The van der Waals surface area contributed by atoms with Crippen molar-refractivity contribution in [3.63, 3.8) is 0 Å². The molecule has 1 N–H and O–H groups in total. The van der Waals surface area contributed by atoms with Crippen LogP contribution in [0.5, 0.6) is 0 Å². The van der Waals surface area contributed by atoms with Crippen molar-refractivity contribution >= 4 is 22.8 Å². The third-order valence-electron chi connectivity index (χ3n) is 5.29. The first-order valence-electron chi connectivity index (χ1n) is 10.0. The lowest BCUT2D eigenvalue weighted by Gasteiger charge is -2.27. The fraction of sp³-hybridized carbons (Fsp3) is 0.115. The third kappa shape index (κ3) is 4.31. The third-order valence-corrected chi connectivity index (χ3v) is 5.29. The van der Waals surface area contributed by atoms with Crippen LogP contribution in [0.4, 0.5) is 0 Å². The summed E-state index contributed by atoms with van der Waals surface area (Å²) in [4.78, 5) is 30.5. The van der Waals surface area contributed by atoms with Crippen LogP contribution < -0.4 is 5.32 Å². The molecule has 31 heavy (non-hydrogen) atoms. The summed E-state index contributed by atoms with van der Waals surface area (Å²) >= 11 is 0. The van der Waals surface area contributed by atoms with Crippen molar-refractivity contribution in [1.29, 1.82) is 0 Å². The van der Waals surface area contributed by atoms with Gasteiger partial charge in [-0.2, -0.15) is 0 Å². The Kier molecular flexibility index (Phi) is 6.03. The van der Waals surface area contributed by atoms with Gasteiger partial charge in [-0.1, -0.05) is 78.9 Å². The van der Waals surface area contributed by atoms with Crippen LogP contribution in [0.15, 0.2) is 97.2 Å². The number of nitrogens with one attached hydrogen (secondary N) is 1. The van der Waals surface area contributed by atoms with E-state index in [0.29, 0.717) is 11.1 Å². The van der Waals surface area contributed by atoms with Gasteiger partial charge in [0.1, 0.15) is 6.04 Å². The maximum absolute atomic E-state index is 13.3. The second-order valence-corrected chi connectivity index (χ2v) is 7.15. The van der Waals surface area contributed by atoms with Gasteiger partial charge in [-0.3, -0.25) is 9.78 Å². The zero-order valence-corrected chi connectivity index (χ0v) is 17.1. The minimum atomic E-state index is -0.908. The maximum atomic E-state index is 13.3. The molecule has 1 amide bonds. The van der Waals surface area contributed by atoms with Crippen LogP contribution in [0.2, 0.25) is 0 Å². The molecule has 0 fully saturated rings. The standard InChI is InChI=1S/C26H22N2O3/c1-31-26(30)24(23(18-10-4-2-5-11-18)19-12-6-3-7-13-19)28-25(29)21-16-17-27-22-15-9-8-14-20(21)22/h2-17,23-24H,1H3,(H,28,29)/t24-/m0/s1. The highest BCUT2D eigenvalue weighted by atomic mass is 16.5. The van der Waals surface area contributed by atoms with Gasteiger partial charge in [0.15, 0.2) is 0 Å². The highest BCUT2D eigenvalue weighted by Gasteiger charge is 2.33. The molecule has 3 aromatic carbocycles. The first-order valence-corrected chi connectivity index (χ1v) is 10.0. The van der Waals surface area contributed by atoms with Gasteiger partial charge in [0.05, 0.1) is 18.2 Å². The summed E-state index contributed by atoms with van der Waals surface area (Å²) in [6.45, 7) is 0. The van der Waals surface area contributed by atoms with Crippen LogP contribution in [-0.4, -0.2) is 30.0 Å². The number of ether oxygens (including phenoxy) is 1. The average Bonchev–Trinajstić information content (AvgIpc) is 2.84. The molecule has 1 heterocycles. The lowest BCUT2D eigenvalue weighted by molar-refractivity contribution is -0.143. The molecule has 5 heteroatoms. The Morgan fingerprint density at radius 3 is 2.00 bits per heavy atom. The topological polar surface area (TPSA) is 68.3 Å². The van der Waals surface area contributed by atoms with Gasteiger partial charge in [-0.15, -0.1) is 0 Å². The van der Waals surface area contributed by atoms with Gasteiger partial charge >= 0.3 is 5.97 Å². The van der Waals surface area contributed by atoms with Crippen LogP contribution >= 0.6 is 0 Å². The first kappa shape index (κ1) is 20.3. The van der Waals surface area contributed by atoms with Crippen LogP contribution in [0.25, 0.3) is 10.9 Å². The van der Waals surface area contributed by atoms with Crippen molar-refractivity contribution in [2.75, 3.05) is 7.11 Å². The fourth-order valence-corrected chi connectivity index (χ4v) is 3.82. The van der Waals surface area contributed by atoms with E-state index >= 15 is 0 Å². The minimum absolute atomic E-state index is 0.356. The predicted molar refractivity (Wildman–Crippen MR) is 120 cm³/mol. The quantitative estimate of drug-likeness (QED) is 0.480. The number of para-hydroxylation sites is 1. The number of carbonyl (C=O) groups is 2. The number of fused-ring (bicyclic) bond motifs is 1. The Bertz CT molecular complexity index is 1150. The number of rotatable bonds is 6. The molecule has 0 aliphatic rings. The number of pyridine rings is 1. The smallest absolute Gasteiger partial charge is 0.329 e. The number of hydrogen-bond donors (Lipinski definition) is 1. The molecule has 1 atom stereocenters. The average molecular weight is 410 g/mol. The number of nitrogens with zero attached hydrogens (tertiary/aromatic N) is 1. The molecule has 0 aliphatic heterocycles. The summed E-state index contributed by atoms with van der Waals surface area (Å²) in [7, 11) is 1.33. The van der Waals surface area contributed by atoms with Gasteiger partial charge < -0.3 is 10.1 Å². The zero-order chi connectivity index (χ0) is 21.6. The summed E-state index contributed by atoms with van der Waals surface area (Å²) in [6.07, 6.45) is 1.59. The Hall–Kier alpha value is -3.99. The lowest BCUT2D eigenvalue weighted by atomic mass is 9.84. The summed E-state index contributed by atoms with van der Waals surface area (Å²) in [5, 5.41) is 3.66.